The van der Waals surface area contributed by atoms with Crippen molar-refractivity contribution in [1.29, 1.82) is 0 Å². The van der Waals surface area contributed by atoms with Crippen LogP contribution in [0.1, 0.15) is 47.1 Å². The normalized spacial score (nSPS) is 11.5. The molecule has 1 atom stereocenters. The smallest absolute Gasteiger partial charge is 0.339 e. The maximum absolute atomic E-state index is 13.7. The number of benzene rings is 3. The lowest BCUT2D eigenvalue weighted by atomic mass is 10.0. The fraction of sp³-hybridized carbons (Fsp3) is 0.233. The van der Waals surface area contributed by atoms with Gasteiger partial charge in [-0.3, -0.25) is 9.59 Å². The van der Waals surface area contributed by atoms with Gasteiger partial charge in [-0.25, -0.2) is 14.4 Å². The molecule has 1 unspecified atom stereocenters. The van der Waals surface area contributed by atoms with Crippen LogP contribution in [0.15, 0.2) is 72.8 Å². The number of hydrogen-bond donors (Lipinski definition) is 3. The molecule has 11 nitrogen and oxygen atoms in total. The van der Waals surface area contributed by atoms with Crippen molar-refractivity contribution in [3.05, 3.63) is 89.5 Å². The zero-order chi connectivity index (χ0) is 30.3. The Kier molecular flexibility index (Phi) is 9.46. The number of carbonyl (C=O) groups is 5. The van der Waals surface area contributed by atoms with Crippen molar-refractivity contribution in [2.75, 3.05) is 24.4 Å². The third-order valence-corrected chi connectivity index (χ3v) is 5.73. The molecule has 0 saturated carbocycles. The summed E-state index contributed by atoms with van der Waals surface area (Å²) in [6.07, 6.45) is 0. The molecule has 0 spiro atoms. The zero-order valence-corrected chi connectivity index (χ0v) is 23.3. The maximum atomic E-state index is 13.7. The second-order valence-corrected chi connectivity index (χ2v) is 9.92. The van der Waals surface area contributed by atoms with Gasteiger partial charge in [0, 0.05) is 23.9 Å². The predicted molar refractivity (Wildman–Crippen MR) is 151 cm³/mol. The summed E-state index contributed by atoms with van der Waals surface area (Å²) in [5.41, 5.74) is -0.190. The van der Waals surface area contributed by atoms with E-state index in [1.807, 2.05) is 0 Å². The van der Waals surface area contributed by atoms with Gasteiger partial charge in [0.15, 0.2) is 5.78 Å². The molecule has 41 heavy (non-hydrogen) atoms. The number of hydrogen-bond acceptors (Lipinski definition) is 7. The standard InChI is InChI=1S/C30H31N3O8/c1-30(2,3)41-28(38)24(32-29(39)31-20-10-8-9-19(17-20)27(36)37)26(35)33(4)23-12-7-6-11-22(23)25(34)18-13-15-21(40-5)16-14-18/h6-17,24H,1-5H3,(H,36,37)(H2,31,32,39). The Morgan fingerprint density at radius 2 is 1.54 bits per heavy atom. The lowest BCUT2D eigenvalue weighted by molar-refractivity contribution is -0.158. The molecule has 0 aliphatic carbocycles. The second-order valence-electron chi connectivity index (χ2n) is 9.92. The quantitative estimate of drug-likeness (QED) is 0.201. The molecule has 3 N–H and O–H groups in total. The summed E-state index contributed by atoms with van der Waals surface area (Å²) >= 11 is 0. The molecular formula is C30H31N3O8. The Balaban J connectivity index is 1.90. The number of carbonyl (C=O) groups excluding carboxylic acids is 4. The average molecular weight is 562 g/mol. The van der Waals surface area contributed by atoms with Crippen LogP contribution in [-0.2, 0) is 14.3 Å². The largest absolute Gasteiger partial charge is 0.497 e. The van der Waals surface area contributed by atoms with Crippen LogP contribution in [0.4, 0.5) is 16.2 Å². The third-order valence-electron chi connectivity index (χ3n) is 5.73. The molecule has 3 aromatic rings. The third kappa shape index (κ3) is 7.91. The highest BCUT2D eigenvalue weighted by molar-refractivity contribution is 6.17. The minimum Gasteiger partial charge on any atom is -0.497 e. The Bertz CT molecular complexity index is 1460. The van der Waals surface area contributed by atoms with E-state index in [1.54, 1.807) is 63.2 Å². The summed E-state index contributed by atoms with van der Waals surface area (Å²) in [7, 11) is 2.88. The summed E-state index contributed by atoms with van der Waals surface area (Å²) in [6, 6.07) is 15.5. The van der Waals surface area contributed by atoms with Crippen LogP contribution >= 0.6 is 0 Å². The van der Waals surface area contributed by atoms with Crippen molar-refractivity contribution in [3.8, 4) is 5.75 Å². The molecule has 0 aromatic heterocycles. The molecular weight excluding hydrogens is 530 g/mol. The van der Waals surface area contributed by atoms with E-state index >= 15 is 0 Å². The Morgan fingerprint density at radius 3 is 2.15 bits per heavy atom. The molecule has 3 aromatic carbocycles. The summed E-state index contributed by atoms with van der Waals surface area (Å²) < 4.78 is 10.5. The lowest BCUT2D eigenvalue weighted by Gasteiger charge is -2.28. The number of para-hydroxylation sites is 1. The van der Waals surface area contributed by atoms with Crippen LogP contribution in [0.3, 0.4) is 0 Å². The number of anilines is 2. The molecule has 214 valence electrons. The average Bonchev–Trinajstić information content (AvgIpc) is 2.94. The zero-order valence-electron chi connectivity index (χ0n) is 23.3. The lowest BCUT2D eigenvalue weighted by Crippen LogP contribution is -2.54. The number of nitrogens with zero attached hydrogens (tertiary/aromatic N) is 1. The first-order chi connectivity index (χ1) is 19.3. The van der Waals surface area contributed by atoms with Crippen molar-refractivity contribution in [1.82, 2.24) is 5.32 Å². The monoisotopic (exact) mass is 561 g/mol. The van der Waals surface area contributed by atoms with Crippen molar-refractivity contribution in [3.63, 3.8) is 0 Å². The molecule has 0 aliphatic heterocycles. The van der Waals surface area contributed by atoms with Gasteiger partial charge in [0.2, 0.25) is 6.04 Å². The highest BCUT2D eigenvalue weighted by atomic mass is 16.6. The van der Waals surface area contributed by atoms with Gasteiger partial charge in [-0.05, 0) is 75.4 Å². The van der Waals surface area contributed by atoms with Crippen LogP contribution in [0.25, 0.3) is 0 Å². The van der Waals surface area contributed by atoms with E-state index in [2.05, 4.69) is 10.6 Å². The number of aromatic carboxylic acids is 1. The molecule has 0 heterocycles. The number of carboxylic acids is 1. The Morgan fingerprint density at radius 1 is 0.878 bits per heavy atom. The summed E-state index contributed by atoms with van der Waals surface area (Å²) in [5, 5.41) is 13.9. The first kappa shape index (κ1) is 30.4. The van der Waals surface area contributed by atoms with Gasteiger partial charge >= 0.3 is 18.0 Å². The highest BCUT2D eigenvalue weighted by Gasteiger charge is 2.36. The summed E-state index contributed by atoms with van der Waals surface area (Å²) in [4.78, 5) is 65.3. The molecule has 0 radical (unpaired) electrons. The van der Waals surface area contributed by atoms with Crippen molar-refractivity contribution < 1.29 is 38.6 Å². The molecule has 0 bridgehead atoms. The number of ketones is 1. The Hall–Kier alpha value is -5.19. The molecule has 0 aliphatic rings. The van der Waals surface area contributed by atoms with Gasteiger partial charge in [0.25, 0.3) is 5.91 Å². The topological polar surface area (TPSA) is 151 Å². The predicted octanol–water partition coefficient (Wildman–Crippen LogP) is 4.12. The number of ether oxygens (including phenoxy) is 2. The van der Waals surface area contributed by atoms with Crippen LogP contribution in [0, 0.1) is 0 Å². The minimum atomic E-state index is -1.80. The second kappa shape index (κ2) is 12.8. The molecule has 0 fully saturated rings. The van der Waals surface area contributed by atoms with Crippen molar-refractivity contribution >= 4 is 41.0 Å². The van der Waals surface area contributed by atoms with Gasteiger partial charge < -0.3 is 30.1 Å². The molecule has 3 amide bonds. The van der Waals surface area contributed by atoms with E-state index in [9.17, 15) is 29.1 Å². The van der Waals surface area contributed by atoms with E-state index in [1.165, 1.54) is 44.5 Å². The first-order valence-electron chi connectivity index (χ1n) is 12.5. The number of likely N-dealkylation sites (N-methyl/N-ethyl adjacent to an activating group) is 1. The Labute approximate surface area is 237 Å². The van der Waals surface area contributed by atoms with Gasteiger partial charge in [0.05, 0.1) is 18.4 Å². The van der Waals surface area contributed by atoms with Crippen LogP contribution in [0.2, 0.25) is 0 Å². The van der Waals surface area contributed by atoms with E-state index in [0.29, 0.717) is 11.3 Å². The van der Waals surface area contributed by atoms with E-state index in [-0.39, 0.29) is 28.3 Å². The van der Waals surface area contributed by atoms with Gasteiger partial charge in [-0.2, -0.15) is 0 Å². The number of methoxy groups -OCH3 is 1. The van der Waals surface area contributed by atoms with Crippen LogP contribution in [0.5, 0.6) is 5.75 Å². The van der Waals surface area contributed by atoms with E-state index in [0.717, 1.165) is 4.90 Å². The van der Waals surface area contributed by atoms with Gasteiger partial charge in [-0.15, -0.1) is 0 Å². The molecule has 3 rings (SSSR count). The number of esters is 1. The maximum Gasteiger partial charge on any atom is 0.339 e. The minimum absolute atomic E-state index is 0.0690. The molecule has 0 saturated heterocycles. The number of rotatable bonds is 9. The first-order valence-corrected chi connectivity index (χ1v) is 12.5. The van der Waals surface area contributed by atoms with E-state index < -0.39 is 35.5 Å². The van der Waals surface area contributed by atoms with Crippen molar-refractivity contribution in [2.24, 2.45) is 0 Å². The number of amides is 3. The number of carboxylic acid groups (broad SMARTS) is 1. The van der Waals surface area contributed by atoms with E-state index in [4.69, 9.17) is 9.47 Å². The van der Waals surface area contributed by atoms with Gasteiger partial charge in [-0.1, -0.05) is 18.2 Å². The fourth-order valence-electron chi connectivity index (χ4n) is 3.78. The van der Waals surface area contributed by atoms with Gasteiger partial charge in [0.1, 0.15) is 11.4 Å². The number of urea groups is 1. The summed E-state index contributed by atoms with van der Waals surface area (Å²) in [5.74, 6) is -2.89. The SMILES string of the molecule is COc1ccc(C(=O)c2ccccc2N(C)C(=O)C(NC(=O)Nc2cccc(C(=O)O)c2)C(=O)OC(C)(C)C)cc1. The van der Waals surface area contributed by atoms with Crippen molar-refractivity contribution in [2.45, 2.75) is 32.4 Å². The highest BCUT2D eigenvalue weighted by Crippen LogP contribution is 2.25. The number of nitrogens with one attached hydrogen (secondary N) is 2. The molecule has 11 heteroatoms. The van der Waals surface area contributed by atoms with Crippen LogP contribution in [-0.4, -0.2) is 60.6 Å². The fourth-order valence-corrected chi connectivity index (χ4v) is 3.78. The van der Waals surface area contributed by atoms with Crippen LogP contribution < -0.4 is 20.3 Å². The summed E-state index contributed by atoms with van der Waals surface area (Å²) in [6.45, 7) is 4.82.